The minimum absolute atomic E-state index is 0.115. The number of fused-ring (bicyclic) bond motifs is 3. The number of thiazole rings is 1. The number of ether oxygens (including phenoxy) is 2. The number of aromatic nitrogens is 1. The molecule has 1 aromatic carbocycles. The molecule has 5 unspecified atom stereocenters. The maximum atomic E-state index is 13.1. The van der Waals surface area contributed by atoms with Gasteiger partial charge >= 0.3 is 0 Å². The van der Waals surface area contributed by atoms with Gasteiger partial charge in [-0.15, -0.1) is 0 Å². The largest absolute Gasteiger partial charge is 0.486 e. The first-order valence-corrected chi connectivity index (χ1v) is 11.4. The van der Waals surface area contributed by atoms with Gasteiger partial charge in [-0.3, -0.25) is 4.79 Å². The van der Waals surface area contributed by atoms with Crippen LogP contribution in [0.5, 0.6) is 11.5 Å². The number of carbonyl (C=O) groups excluding carboxylic acids is 1. The van der Waals surface area contributed by atoms with Crippen molar-refractivity contribution in [1.82, 2.24) is 4.98 Å². The van der Waals surface area contributed by atoms with Gasteiger partial charge in [-0.25, -0.2) is 4.98 Å². The molecule has 1 aliphatic heterocycles. The lowest BCUT2D eigenvalue weighted by Gasteiger charge is -2.33. The van der Waals surface area contributed by atoms with E-state index in [1.807, 2.05) is 0 Å². The van der Waals surface area contributed by atoms with Gasteiger partial charge in [0.25, 0.3) is 0 Å². The zero-order valence-corrected chi connectivity index (χ0v) is 17.0. The third-order valence-corrected chi connectivity index (χ3v) is 8.32. The summed E-state index contributed by atoms with van der Waals surface area (Å²) in [6.07, 6.45) is 6.81. The Bertz CT molecular complexity index is 974. The number of benzene rings is 1. The van der Waals surface area contributed by atoms with Crippen molar-refractivity contribution < 1.29 is 14.3 Å². The lowest BCUT2D eigenvalue weighted by molar-refractivity contribution is 0.104. The van der Waals surface area contributed by atoms with Crippen molar-refractivity contribution in [2.75, 3.05) is 24.3 Å². The van der Waals surface area contributed by atoms with Crippen LogP contribution in [0.25, 0.3) is 0 Å². The highest BCUT2D eigenvalue weighted by molar-refractivity contribution is 7.18. The molecule has 6 nitrogen and oxygen atoms in total. The number of anilines is 2. The van der Waals surface area contributed by atoms with E-state index in [4.69, 9.17) is 15.2 Å². The Labute approximate surface area is 173 Å². The summed E-state index contributed by atoms with van der Waals surface area (Å²) in [5.41, 5.74) is 6.70. The first kappa shape index (κ1) is 17.6. The number of hydrogen-bond acceptors (Lipinski definition) is 7. The summed E-state index contributed by atoms with van der Waals surface area (Å²) in [5, 5.41) is 4.47. The van der Waals surface area contributed by atoms with Crippen LogP contribution in [0.4, 0.5) is 10.9 Å². The van der Waals surface area contributed by atoms with Crippen LogP contribution in [0.1, 0.15) is 47.3 Å². The van der Waals surface area contributed by atoms with Crippen LogP contribution < -0.4 is 20.5 Å². The zero-order valence-electron chi connectivity index (χ0n) is 16.2. The minimum atomic E-state index is -0.115. The maximum Gasteiger partial charge on any atom is 0.206 e. The van der Waals surface area contributed by atoms with Crippen LogP contribution in [-0.2, 0) is 0 Å². The van der Waals surface area contributed by atoms with Crippen molar-refractivity contribution in [1.29, 1.82) is 0 Å². The zero-order chi connectivity index (χ0) is 19.5. The predicted octanol–water partition coefficient (Wildman–Crippen LogP) is 3.96. The highest BCUT2D eigenvalue weighted by Crippen LogP contribution is 2.56. The summed E-state index contributed by atoms with van der Waals surface area (Å²) < 4.78 is 11.2. The Kier molecular flexibility index (Phi) is 4.01. The molecule has 3 N–H and O–H groups in total. The predicted molar refractivity (Wildman–Crippen MR) is 112 cm³/mol. The van der Waals surface area contributed by atoms with Gasteiger partial charge in [0.2, 0.25) is 5.78 Å². The van der Waals surface area contributed by atoms with Crippen molar-refractivity contribution in [3.63, 3.8) is 0 Å². The van der Waals surface area contributed by atoms with Crippen LogP contribution in [0.2, 0.25) is 0 Å². The average Bonchev–Trinajstić information content (AvgIpc) is 3.17. The fourth-order valence-electron chi connectivity index (χ4n) is 6.14. The topological polar surface area (TPSA) is 86.5 Å². The van der Waals surface area contributed by atoms with Gasteiger partial charge in [-0.2, -0.15) is 0 Å². The number of nitrogens with two attached hydrogens (primary N) is 1. The van der Waals surface area contributed by atoms with Crippen LogP contribution in [0, 0.1) is 23.7 Å². The molecule has 2 heterocycles. The minimum Gasteiger partial charge on any atom is -0.486 e. The second-order valence-electron chi connectivity index (χ2n) is 8.93. The van der Waals surface area contributed by atoms with E-state index >= 15 is 0 Å². The quantitative estimate of drug-likeness (QED) is 0.741. The van der Waals surface area contributed by atoms with E-state index in [1.54, 1.807) is 18.2 Å². The smallest absolute Gasteiger partial charge is 0.206 e. The van der Waals surface area contributed by atoms with E-state index in [1.165, 1.54) is 43.4 Å². The SMILES string of the molecule is Nc1nc(NC2C3CC4CCC2C(C4)C3)sc1C(=O)c1ccc2c(c1)OCCO2. The number of nitrogens with zero attached hydrogens (tertiary/aromatic N) is 1. The van der Waals surface area contributed by atoms with E-state index in [0.717, 1.165) is 28.8 Å². The van der Waals surface area contributed by atoms with E-state index < -0.39 is 0 Å². The van der Waals surface area contributed by atoms with Gasteiger partial charge in [-0.05, 0) is 67.6 Å². The molecule has 4 aliphatic rings. The molecule has 5 atom stereocenters. The Morgan fingerprint density at radius 2 is 1.93 bits per heavy atom. The fraction of sp³-hybridized carbons (Fsp3) is 0.545. The first-order chi connectivity index (χ1) is 14.2. The molecular weight excluding hydrogens is 386 g/mol. The standard InChI is InChI=1S/C22H25N3O3S/c23-21-20(19(26)12-2-4-16-17(10-12)28-6-5-27-16)29-22(25-21)24-18-14-8-11-1-3-15(18)13(7-11)9-14/h2,4,10-11,13-15,18H,1,3,5-9,23H2,(H,24,25). The Hall–Kier alpha value is -2.28. The molecule has 3 saturated carbocycles. The van der Waals surface area contributed by atoms with Crippen molar-refractivity contribution in [3.05, 3.63) is 28.6 Å². The molecule has 2 aromatic rings. The number of nitrogens with one attached hydrogen (secondary N) is 1. The molecule has 3 fully saturated rings. The molecule has 152 valence electrons. The van der Waals surface area contributed by atoms with Gasteiger partial charge < -0.3 is 20.5 Å². The van der Waals surface area contributed by atoms with Crippen molar-refractivity contribution in [2.24, 2.45) is 23.7 Å². The molecule has 0 saturated heterocycles. The van der Waals surface area contributed by atoms with E-state index in [0.29, 0.717) is 47.0 Å². The number of nitrogen functional groups attached to an aromatic ring is 1. The van der Waals surface area contributed by atoms with Gasteiger partial charge in [0.05, 0.1) is 0 Å². The average molecular weight is 412 g/mol. The van der Waals surface area contributed by atoms with Gasteiger partial charge in [0, 0.05) is 11.6 Å². The molecule has 29 heavy (non-hydrogen) atoms. The van der Waals surface area contributed by atoms with E-state index in [-0.39, 0.29) is 5.78 Å². The molecule has 0 radical (unpaired) electrons. The number of carbonyl (C=O) groups is 1. The summed E-state index contributed by atoms with van der Waals surface area (Å²) in [6.45, 7) is 1.02. The van der Waals surface area contributed by atoms with Crippen molar-refractivity contribution in [3.8, 4) is 11.5 Å². The third kappa shape index (κ3) is 2.89. The molecule has 7 heteroatoms. The molecule has 3 bridgehead atoms. The molecule has 1 aromatic heterocycles. The van der Waals surface area contributed by atoms with Crippen LogP contribution in [0.15, 0.2) is 18.2 Å². The van der Waals surface area contributed by atoms with Gasteiger partial charge in [0.1, 0.15) is 23.9 Å². The van der Waals surface area contributed by atoms with E-state index in [9.17, 15) is 4.79 Å². The molecule has 0 spiro atoms. The van der Waals surface area contributed by atoms with Crippen LogP contribution in [-0.4, -0.2) is 30.0 Å². The summed E-state index contributed by atoms with van der Waals surface area (Å²) >= 11 is 1.38. The first-order valence-electron chi connectivity index (χ1n) is 10.6. The second kappa shape index (κ2) is 6.62. The monoisotopic (exact) mass is 411 g/mol. The molecule has 3 aliphatic carbocycles. The van der Waals surface area contributed by atoms with Crippen LogP contribution >= 0.6 is 11.3 Å². The van der Waals surface area contributed by atoms with Crippen LogP contribution in [0.3, 0.4) is 0 Å². The second-order valence-corrected chi connectivity index (χ2v) is 9.92. The molecular formula is C22H25N3O3S. The maximum absolute atomic E-state index is 13.1. The number of hydrogen-bond donors (Lipinski definition) is 2. The normalized spacial score (nSPS) is 31.7. The lowest BCUT2D eigenvalue weighted by atomic mass is 9.72. The Morgan fingerprint density at radius 3 is 2.83 bits per heavy atom. The van der Waals surface area contributed by atoms with Crippen molar-refractivity contribution >= 4 is 28.1 Å². The highest BCUT2D eigenvalue weighted by atomic mass is 32.1. The van der Waals surface area contributed by atoms with E-state index in [2.05, 4.69) is 10.3 Å². The summed E-state index contributed by atoms with van der Waals surface area (Å²) in [6, 6.07) is 5.77. The highest BCUT2D eigenvalue weighted by Gasteiger charge is 2.50. The summed E-state index contributed by atoms with van der Waals surface area (Å²) in [5.74, 6) is 4.77. The molecule has 0 amide bonds. The summed E-state index contributed by atoms with van der Waals surface area (Å²) in [4.78, 5) is 18.1. The third-order valence-electron chi connectivity index (χ3n) is 7.31. The van der Waals surface area contributed by atoms with Crippen molar-refractivity contribution in [2.45, 2.75) is 38.1 Å². The lowest BCUT2D eigenvalue weighted by Crippen LogP contribution is -2.30. The van der Waals surface area contributed by atoms with Gasteiger partial charge in [-0.1, -0.05) is 17.8 Å². The van der Waals surface area contributed by atoms with Gasteiger partial charge in [0.15, 0.2) is 16.6 Å². The molecule has 6 rings (SSSR count). The Morgan fingerprint density at radius 1 is 1.10 bits per heavy atom. The Balaban J connectivity index is 1.24. The summed E-state index contributed by atoms with van der Waals surface area (Å²) in [7, 11) is 0. The number of ketones is 1. The fourth-order valence-corrected chi connectivity index (χ4v) is 7.03. The number of rotatable bonds is 4.